The smallest absolute Gasteiger partial charge is 0.311 e. The van der Waals surface area contributed by atoms with Gasteiger partial charge in [-0.05, 0) is 31.2 Å². The standard InChI is InChI=1S/C16H17N3O4/c1-2-23-15-7-6-12(11-14(15)19(21)22)16(20)18-10-8-13-5-3-4-9-17-13/h3-7,9,11H,2,8,10H2,1H3,(H,18,20). The molecule has 2 rings (SSSR count). The van der Waals surface area contributed by atoms with Crippen LogP contribution in [0.2, 0.25) is 0 Å². The number of carbonyl (C=O) groups is 1. The minimum absolute atomic E-state index is 0.155. The zero-order chi connectivity index (χ0) is 16.7. The molecule has 1 aromatic carbocycles. The third-order valence-corrected chi connectivity index (χ3v) is 3.11. The van der Waals surface area contributed by atoms with E-state index in [2.05, 4.69) is 10.3 Å². The number of nitro groups is 1. The SMILES string of the molecule is CCOc1ccc(C(=O)NCCc2ccccn2)cc1[N+](=O)[O-]. The molecule has 7 heteroatoms. The molecule has 1 heterocycles. The first-order valence-electron chi connectivity index (χ1n) is 7.21. The third kappa shape index (κ3) is 4.50. The van der Waals surface area contributed by atoms with Crippen LogP contribution in [0.25, 0.3) is 0 Å². The van der Waals surface area contributed by atoms with Crippen molar-refractivity contribution < 1.29 is 14.5 Å². The van der Waals surface area contributed by atoms with Gasteiger partial charge in [0, 0.05) is 36.5 Å². The highest BCUT2D eigenvalue weighted by atomic mass is 16.6. The molecule has 0 aliphatic rings. The number of amides is 1. The van der Waals surface area contributed by atoms with E-state index in [1.165, 1.54) is 18.2 Å². The lowest BCUT2D eigenvalue weighted by atomic mass is 10.1. The number of carbonyl (C=O) groups excluding carboxylic acids is 1. The summed E-state index contributed by atoms with van der Waals surface area (Å²) < 4.78 is 5.19. The van der Waals surface area contributed by atoms with Crippen molar-refractivity contribution in [1.29, 1.82) is 0 Å². The van der Waals surface area contributed by atoms with Gasteiger partial charge < -0.3 is 10.1 Å². The maximum atomic E-state index is 12.1. The summed E-state index contributed by atoms with van der Waals surface area (Å²) in [5.74, 6) is -0.213. The summed E-state index contributed by atoms with van der Waals surface area (Å²) in [4.78, 5) is 26.7. The van der Waals surface area contributed by atoms with E-state index in [1.807, 2.05) is 18.2 Å². The first-order valence-corrected chi connectivity index (χ1v) is 7.21. The molecule has 0 saturated carbocycles. The summed E-state index contributed by atoms with van der Waals surface area (Å²) in [5, 5.41) is 13.8. The van der Waals surface area contributed by atoms with Crippen molar-refractivity contribution in [2.24, 2.45) is 0 Å². The molecule has 0 unspecified atom stereocenters. The molecule has 0 bridgehead atoms. The summed E-state index contributed by atoms with van der Waals surface area (Å²) in [6.45, 7) is 2.45. The normalized spacial score (nSPS) is 10.1. The highest BCUT2D eigenvalue weighted by molar-refractivity contribution is 5.95. The summed E-state index contributed by atoms with van der Waals surface area (Å²) >= 11 is 0. The zero-order valence-electron chi connectivity index (χ0n) is 12.7. The number of nitrogens with zero attached hydrogens (tertiary/aromatic N) is 2. The molecular weight excluding hydrogens is 298 g/mol. The van der Waals surface area contributed by atoms with Gasteiger partial charge in [-0.1, -0.05) is 6.07 Å². The lowest BCUT2D eigenvalue weighted by Crippen LogP contribution is -2.26. The molecule has 7 nitrogen and oxygen atoms in total. The summed E-state index contributed by atoms with van der Waals surface area (Å²) in [7, 11) is 0. The van der Waals surface area contributed by atoms with Crippen molar-refractivity contribution in [3.63, 3.8) is 0 Å². The molecule has 0 saturated heterocycles. The van der Waals surface area contributed by atoms with Gasteiger partial charge in [-0.2, -0.15) is 0 Å². The van der Waals surface area contributed by atoms with Gasteiger partial charge in [-0.3, -0.25) is 19.9 Å². The largest absolute Gasteiger partial charge is 0.487 e. The molecule has 2 aromatic rings. The van der Waals surface area contributed by atoms with Crippen molar-refractivity contribution in [1.82, 2.24) is 10.3 Å². The highest BCUT2D eigenvalue weighted by Crippen LogP contribution is 2.27. The van der Waals surface area contributed by atoms with Gasteiger partial charge in [0.05, 0.1) is 11.5 Å². The molecule has 0 spiro atoms. The van der Waals surface area contributed by atoms with Gasteiger partial charge in [-0.15, -0.1) is 0 Å². The first kappa shape index (κ1) is 16.4. The van der Waals surface area contributed by atoms with Crippen molar-refractivity contribution in [2.75, 3.05) is 13.2 Å². The minimum Gasteiger partial charge on any atom is -0.487 e. The molecule has 0 fully saturated rings. The third-order valence-electron chi connectivity index (χ3n) is 3.11. The van der Waals surface area contributed by atoms with Crippen LogP contribution in [0.15, 0.2) is 42.6 Å². The van der Waals surface area contributed by atoms with Gasteiger partial charge in [0.15, 0.2) is 5.75 Å². The topological polar surface area (TPSA) is 94.4 Å². The average Bonchev–Trinajstić information content (AvgIpc) is 2.56. The van der Waals surface area contributed by atoms with Crippen molar-refractivity contribution in [3.05, 3.63) is 64.0 Å². The fourth-order valence-corrected chi connectivity index (χ4v) is 2.03. The molecule has 1 N–H and O–H groups in total. The van der Waals surface area contributed by atoms with Gasteiger partial charge >= 0.3 is 5.69 Å². The van der Waals surface area contributed by atoms with Crippen LogP contribution in [-0.4, -0.2) is 29.0 Å². The fraction of sp³-hybridized carbons (Fsp3) is 0.250. The lowest BCUT2D eigenvalue weighted by molar-refractivity contribution is -0.385. The molecule has 0 atom stereocenters. The van der Waals surface area contributed by atoms with Crippen LogP contribution >= 0.6 is 0 Å². The molecular formula is C16H17N3O4. The van der Waals surface area contributed by atoms with Crippen molar-refractivity contribution >= 4 is 11.6 Å². The van der Waals surface area contributed by atoms with Crippen LogP contribution in [0, 0.1) is 10.1 Å². The number of nitrogens with one attached hydrogen (secondary N) is 1. The number of ether oxygens (including phenoxy) is 1. The number of aromatic nitrogens is 1. The van der Waals surface area contributed by atoms with Crippen molar-refractivity contribution in [3.8, 4) is 5.75 Å². The number of nitro benzene ring substituents is 1. The number of pyridine rings is 1. The van der Waals surface area contributed by atoms with Crippen LogP contribution in [0.4, 0.5) is 5.69 Å². The minimum atomic E-state index is -0.560. The summed E-state index contributed by atoms with van der Waals surface area (Å²) in [6, 6.07) is 9.74. The Balaban J connectivity index is 2.01. The van der Waals surface area contributed by atoms with E-state index in [9.17, 15) is 14.9 Å². The van der Waals surface area contributed by atoms with Crippen LogP contribution < -0.4 is 10.1 Å². The first-order chi connectivity index (χ1) is 11.1. The Kier molecular flexibility index (Phi) is 5.62. The lowest BCUT2D eigenvalue weighted by Gasteiger charge is -2.07. The second kappa shape index (κ2) is 7.88. The number of hydrogen-bond acceptors (Lipinski definition) is 5. The van der Waals surface area contributed by atoms with E-state index < -0.39 is 4.92 Å². The second-order valence-corrected chi connectivity index (χ2v) is 4.70. The molecule has 0 radical (unpaired) electrons. The number of hydrogen-bond donors (Lipinski definition) is 1. The fourth-order valence-electron chi connectivity index (χ4n) is 2.03. The van der Waals surface area contributed by atoms with Crippen LogP contribution in [0.5, 0.6) is 5.75 Å². The molecule has 120 valence electrons. The Labute approximate surface area is 133 Å². The molecule has 0 aliphatic carbocycles. The van der Waals surface area contributed by atoms with Gasteiger partial charge in [-0.25, -0.2) is 0 Å². The van der Waals surface area contributed by atoms with E-state index in [0.29, 0.717) is 19.6 Å². The Morgan fingerprint density at radius 2 is 2.17 bits per heavy atom. The van der Waals surface area contributed by atoms with Gasteiger partial charge in [0.2, 0.25) is 0 Å². The zero-order valence-corrected chi connectivity index (χ0v) is 12.7. The maximum absolute atomic E-state index is 12.1. The maximum Gasteiger partial charge on any atom is 0.311 e. The van der Waals surface area contributed by atoms with E-state index >= 15 is 0 Å². The predicted octanol–water partition coefficient (Wildman–Crippen LogP) is 2.36. The van der Waals surface area contributed by atoms with Crippen LogP contribution in [0.1, 0.15) is 23.0 Å². The van der Waals surface area contributed by atoms with E-state index in [4.69, 9.17) is 4.74 Å². The number of rotatable bonds is 7. The Bertz CT molecular complexity index is 689. The summed E-state index contributed by atoms with van der Waals surface area (Å²) in [5.41, 5.74) is 0.871. The molecule has 1 amide bonds. The quantitative estimate of drug-likeness (QED) is 0.625. The van der Waals surface area contributed by atoms with Crippen molar-refractivity contribution in [2.45, 2.75) is 13.3 Å². The van der Waals surface area contributed by atoms with Crippen LogP contribution in [-0.2, 0) is 6.42 Å². The van der Waals surface area contributed by atoms with E-state index in [1.54, 1.807) is 13.1 Å². The Morgan fingerprint density at radius 1 is 1.35 bits per heavy atom. The average molecular weight is 315 g/mol. The predicted molar refractivity (Wildman–Crippen MR) is 84.5 cm³/mol. The highest BCUT2D eigenvalue weighted by Gasteiger charge is 2.18. The second-order valence-electron chi connectivity index (χ2n) is 4.70. The monoisotopic (exact) mass is 315 g/mol. The molecule has 0 aliphatic heterocycles. The van der Waals surface area contributed by atoms with E-state index in [0.717, 1.165) is 5.69 Å². The Hall–Kier alpha value is -2.96. The van der Waals surface area contributed by atoms with Gasteiger partial charge in [0.25, 0.3) is 5.91 Å². The van der Waals surface area contributed by atoms with E-state index in [-0.39, 0.29) is 22.9 Å². The van der Waals surface area contributed by atoms with Gasteiger partial charge in [0.1, 0.15) is 0 Å². The molecule has 1 aromatic heterocycles. The summed E-state index contributed by atoms with van der Waals surface area (Å²) in [6.07, 6.45) is 2.28. The number of benzene rings is 1. The molecule has 23 heavy (non-hydrogen) atoms. The Morgan fingerprint density at radius 3 is 2.83 bits per heavy atom. The van der Waals surface area contributed by atoms with Crippen LogP contribution in [0.3, 0.4) is 0 Å².